The normalized spacial score (nSPS) is 17.8. The Labute approximate surface area is 184 Å². The average Bonchev–Trinajstić information content (AvgIpc) is 3.40. The molecule has 166 valence electrons. The molecule has 1 saturated carbocycles. The van der Waals surface area contributed by atoms with Gasteiger partial charge in [0, 0.05) is 49.2 Å². The molecule has 4 rings (SSSR count). The molecule has 0 spiro atoms. The number of benzene rings is 1. The highest BCUT2D eigenvalue weighted by atomic mass is 16.5. The number of para-hydroxylation sites is 1. The molecule has 1 aromatic carbocycles. The first-order chi connectivity index (χ1) is 15.0. The van der Waals surface area contributed by atoms with Crippen molar-refractivity contribution in [2.24, 2.45) is 0 Å². The van der Waals surface area contributed by atoms with Gasteiger partial charge in [-0.15, -0.1) is 0 Å². The molecule has 1 aromatic heterocycles. The number of piperazine rings is 1. The SMILES string of the molecule is Cc1cc(C(=O)CN2CCN(C(=O)COc3ccccc3)CC2)c(C)n1C1CCCC1. The second-order valence-corrected chi connectivity index (χ2v) is 8.77. The number of Topliss-reactive ketones (excluding diaryl/α,β-unsaturated/α-hetero) is 1. The molecule has 6 nitrogen and oxygen atoms in total. The van der Waals surface area contributed by atoms with Gasteiger partial charge >= 0.3 is 0 Å². The lowest BCUT2D eigenvalue weighted by Crippen LogP contribution is -2.51. The van der Waals surface area contributed by atoms with E-state index in [9.17, 15) is 9.59 Å². The predicted molar refractivity (Wildman–Crippen MR) is 121 cm³/mol. The van der Waals surface area contributed by atoms with Crippen LogP contribution in [0.3, 0.4) is 0 Å². The lowest BCUT2D eigenvalue weighted by molar-refractivity contribution is -0.135. The number of hydrogen-bond donors (Lipinski definition) is 0. The van der Waals surface area contributed by atoms with Crippen molar-refractivity contribution in [2.75, 3.05) is 39.3 Å². The summed E-state index contributed by atoms with van der Waals surface area (Å²) in [6.45, 7) is 7.35. The number of carbonyl (C=O) groups excluding carboxylic acids is 2. The first kappa shape index (κ1) is 21.6. The van der Waals surface area contributed by atoms with Gasteiger partial charge in [0.2, 0.25) is 0 Å². The van der Waals surface area contributed by atoms with Gasteiger partial charge in [-0.2, -0.15) is 0 Å². The molecule has 0 radical (unpaired) electrons. The molecule has 0 N–H and O–H groups in total. The van der Waals surface area contributed by atoms with E-state index >= 15 is 0 Å². The largest absolute Gasteiger partial charge is 0.484 e. The summed E-state index contributed by atoms with van der Waals surface area (Å²) < 4.78 is 7.96. The quantitative estimate of drug-likeness (QED) is 0.638. The van der Waals surface area contributed by atoms with Gasteiger partial charge in [0.1, 0.15) is 5.75 Å². The lowest BCUT2D eigenvalue weighted by atomic mass is 10.1. The van der Waals surface area contributed by atoms with Gasteiger partial charge < -0.3 is 14.2 Å². The summed E-state index contributed by atoms with van der Waals surface area (Å²) in [6, 6.07) is 12.0. The molecule has 1 amide bonds. The molecule has 0 bridgehead atoms. The van der Waals surface area contributed by atoms with Crippen LogP contribution in [-0.4, -0.2) is 65.4 Å². The summed E-state index contributed by atoms with van der Waals surface area (Å²) in [5.41, 5.74) is 3.17. The van der Waals surface area contributed by atoms with E-state index in [1.165, 1.54) is 31.4 Å². The van der Waals surface area contributed by atoms with Crippen LogP contribution in [0, 0.1) is 13.8 Å². The highest BCUT2D eigenvalue weighted by Crippen LogP contribution is 2.33. The number of aromatic nitrogens is 1. The maximum atomic E-state index is 13.0. The number of aryl methyl sites for hydroxylation is 1. The van der Waals surface area contributed by atoms with Crippen molar-refractivity contribution in [1.29, 1.82) is 0 Å². The van der Waals surface area contributed by atoms with Crippen LogP contribution < -0.4 is 4.74 Å². The van der Waals surface area contributed by atoms with E-state index < -0.39 is 0 Å². The van der Waals surface area contributed by atoms with Crippen molar-refractivity contribution in [2.45, 2.75) is 45.6 Å². The summed E-state index contributed by atoms with van der Waals surface area (Å²) in [7, 11) is 0. The van der Waals surface area contributed by atoms with Crippen molar-refractivity contribution in [1.82, 2.24) is 14.4 Å². The third-order valence-electron chi connectivity index (χ3n) is 6.67. The van der Waals surface area contributed by atoms with Crippen LogP contribution in [0.1, 0.15) is 53.5 Å². The summed E-state index contributed by atoms with van der Waals surface area (Å²) >= 11 is 0. The van der Waals surface area contributed by atoms with E-state index in [1.807, 2.05) is 35.2 Å². The van der Waals surface area contributed by atoms with Crippen molar-refractivity contribution < 1.29 is 14.3 Å². The number of ether oxygens (including phenoxy) is 1. The van der Waals surface area contributed by atoms with Crippen molar-refractivity contribution in [3.63, 3.8) is 0 Å². The highest BCUT2D eigenvalue weighted by molar-refractivity contribution is 5.99. The number of rotatable bonds is 7. The maximum Gasteiger partial charge on any atom is 0.260 e. The van der Waals surface area contributed by atoms with Gasteiger partial charge in [-0.3, -0.25) is 14.5 Å². The Bertz CT molecular complexity index is 908. The maximum absolute atomic E-state index is 13.0. The van der Waals surface area contributed by atoms with Crippen LogP contribution in [0.5, 0.6) is 5.75 Å². The van der Waals surface area contributed by atoms with Crippen molar-refractivity contribution in [3.05, 3.63) is 53.3 Å². The van der Waals surface area contributed by atoms with Crippen LogP contribution in [-0.2, 0) is 4.79 Å². The van der Waals surface area contributed by atoms with E-state index in [1.54, 1.807) is 0 Å². The molecular weight excluding hydrogens is 390 g/mol. The fourth-order valence-corrected chi connectivity index (χ4v) is 4.98. The van der Waals surface area contributed by atoms with Crippen LogP contribution in [0.4, 0.5) is 0 Å². The summed E-state index contributed by atoms with van der Waals surface area (Å²) in [5.74, 6) is 0.884. The number of nitrogens with zero attached hydrogens (tertiary/aromatic N) is 3. The van der Waals surface area contributed by atoms with Gasteiger partial charge in [0.15, 0.2) is 12.4 Å². The zero-order valence-electron chi connectivity index (χ0n) is 18.7. The molecule has 6 heteroatoms. The van der Waals surface area contributed by atoms with Crippen LogP contribution in [0.2, 0.25) is 0 Å². The van der Waals surface area contributed by atoms with E-state index in [2.05, 4.69) is 29.4 Å². The fraction of sp³-hybridized carbons (Fsp3) is 0.520. The molecule has 2 heterocycles. The Morgan fingerprint density at radius 2 is 1.68 bits per heavy atom. The molecule has 0 unspecified atom stereocenters. The Hall–Kier alpha value is -2.60. The monoisotopic (exact) mass is 423 g/mol. The van der Waals surface area contributed by atoms with Crippen molar-refractivity contribution in [3.8, 4) is 5.75 Å². The number of hydrogen-bond acceptors (Lipinski definition) is 4. The molecule has 1 aliphatic carbocycles. The molecule has 31 heavy (non-hydrogen) atoms. The minimum absolute atomic E-state index is 0.00469. The summed E-state index contributed by atoms with van der Waals surface area (Å²) in [4.78, 5) is 29.5. The molecule has 2 aliphatic rings. The second kappa shape index (κ2) is 9.69. The zero-order valence-corrected chi connectivity index (χ0v) is 18.7. The van der Waals surface area contributed by atoms with Crippen LogP contribution in [0.25, 0.3) is 0 Å². The van der Waals surface area contributed by atoms with Crippen LogP contribution >= 0.6 is 0 Å². The molecule has 2 aromatic rings. The number of carbonyl (C=O) groups is 2. The molecule has 0 atom stereocenters. The Kier molecular flexibility index (Phi) is 6.76. The van der Waals surface area contributed by atoms with E-state index in [-0.39, 0.29) is 18.3 Å². The second-order valence-electron chi connectivity index (χ2n) is 8.77. The van der Waals surface area contributed by atoms with E-state index in [0.717, 1.165) is 11.3 Å². The number of amides is 1. The first-order valence-electron chi connectivity index (χ1n) is 11.4. The Balaban J connectivity index is 1.27. The topological polar surface area (TPSA) is 54.8 Å². The molecule has 1 aliphatic heterocycles. The van der Waals surface area contributed by atoms with E-state index in [4.69, 9.17) is 4.74 Å². The van der Waals surface area contributed by atoms with Gasteiger partial charge in [-0.1, -0.05) is 31.0 Å². The Morgan fingerprint density at radius 1 is 1.00 bits per heavy atom. The highest BCUT2D eigenvalue weighted by Gasteiger charge is 2.26. The molecule has 2 fully saturated rings. The van der Waals surface area contributed by atoms with Crippen LogP contribution in [0.15, 0.2) is 36.4 Å². The minimum atomic E-state index is -0.00469. The van der Waals surface area contributed by atoms with Gasteiger partial charge in [-0.25, -0.2) is 0 Å². The predicted octanol–water partition coefficient (Wildman–Crippen LogP) is 3.63. The third kappa shape index (κ3) is 5.01. The third-order valence-corrected chi connectivity index (χ3v) is 6.67. The first-order valence-corrected chi connectivity index (χ1v) is 11.4. The molecular formula is C25H33N3O3. The van der Waals surface area contributed by atoms with Gasteiger partial charge in [0.05, 0.1) is 6.54 Å². The average molecular weight is 424 g/mol. The van der Waals surface area contributed by atoms with Crippen molar-refractivity contribution >= 4 is 11.7 Å². The minimum Gasteiger partial charge on any atom is -0.484 e. The number of ketones is 1. The molecule has 1 saturated heterocycles. The standard InChI is InChI=1S/C25H33N3O3/c1-19-16-23(20(2)28(19)21-8-6-7-9-21)24(29)17-26-12-14-27(15-13-26)25(30)18-31-22-10-4-3-5-11-22/h3-5,10-11,16,21H,6-9,12-15,17-18H2,1-2H3. The summed E-state index contributed by atoms with van der Waals surface area (Å²) in [5, 5.41) is 0. The Morgan fingerprint density at radius 3 is 2.35 bits per heavy atom. The lowest BCUT2D eigenvalue weighted by Gasteiger charge is -2.34. The zero-order chi connectivity index (χ0) is 21.8. The van der Waals surface area contributed by atoms with E-state index in [0.29, 0.717) is 44.5 Å². The fourth-order valence-electron chi connectivity index (χ4n) is 4.98. The van der Waals surface area contributed by atoms with Gasteiger partial charge in [-0.05, 0) is 44.9 Å². The summed E-state index contributed by atoms with van der Waals surface area (Å²) in [6.07, 6.45) is 5.00. The smallest absolute Gasteiger partial charge is 0.260 e. The van der Waals surface area contributed by atoms with Gasteiger partial charge in [0.25, 0.3) is 5.91 Å².